The highest BCUT2D eigenvalue weighted by atomic mass is 16.5. The first-order valence-corrected chi connectivity index (χ1v) is 5.43. The Labute approximate surface area is 86.5 Å². The van der Waals surface area contributed by atoms with Crippen LogP contribution in [0.5, 0.6) is 0 Å². The molecule has 0 aromatic carbocycles. The van der Waals surface area contributed by atoms with Crippen molar-refractivity contribution in [3.05, 3.63) is 0 Å². The van der Waals surface area contributed by atoms with Crippen LogP contribution in [-0.4, -0.2) is 23.8 Å². The number of hydrogen-bond donors (Lipinski definition) is 1. The van der Waals surface area contributed by atoms with Crippen molar-refractivity contribution in [2.24, 2.45) is 5.92 Å². The molecular formula is C11H22O3. The molecule has 0 saturated carbocycles. The maximum absolute atomic E-state index is 11.4. The van der Waals surface area contributed by atoms with Gasteiger partial charge in [0.1, 0.15) is 0 Å². The zero-order valence-electron chi connectivity index (χ0n) is 9.45. The van der Waals surface area contributed by atoms with Gasteiger partial charge in [-0.1, -0.05) is 20.3 Å². The van der Waals surface area contributed by atoms with E-state index in [9.17, 15) is 4.79 Å². The summed E-state index contributed by atoms with van der Waals surface area (Å²) in [4.78, 5) is 11.4. The van der Waals surface area contributed by atoms with Gasteiger partial charge in [0.2, 0.25) is 0 Å². The molecular weight excluding hydrogens is 180 g/mol. The van der Waals surface area contributed by atoms with Crippen molar-refractivity contribution < 1.29 is 14.6 Å². The fourth-order valence-corrected chi connectivity index (χ4v) is 1.08. The highest BCUT2D eigenvalue weighted by Gasteiger charge is 2.15. The summed E-state index contributed by atoms with van der Waals surface area (Å²) in [6.07, 6.45) is 3.32. The zero-order valence-corrected chi connectivity index (χ0v) is 9.45. The van der Waals surface area contributed by atoms with E-state index < -0.39 is 0 Å². The number of aliphatic hydroxyl groups is 1. The third kappa shape index (κ3) is 5.97. The number of unbranched alkanes of at least 4 members (excludes halogenated alkanes) is 1. The quantitative estimate of drug-likeness (QED) is 0.508. The lowest BCUT2D eigenvalue weighted by atomic mass is 10.0. The molecule has 84 valence electrons. The summed E-state index contributed by atoms with van der Waals surface area (Å²) >= 11 is 0. The Morgan fingerprint density at radius 2 is 2.00 bits per heavy atom. The van der Waals surface area contributed by atoms with Crippen LogP contribution in [0.15, 0.2) is 0 Å². The van der Waals surface area contributed by atoms with E-state index in [2.05, 4.69) is 0 Å². The Morgan fingerprint density at radius 1 is 1.36 bits per heavy atom. The zero-order chi connectivity index (χ0) is 11.0. The van der Waals surface area contributed by atoms with E-state index in [0.29, 0.717) is 0 Å². The molecule has 0 bridgehead atoms. The predicted molar refractivity (Wildman–Crippen MR) is 55.9 cm³/mol. The highest BCUT2D eigenvalue weighted by molar-refractivity contribution is 5.72. The fourth-order valence-electron chi connectivity index (χ4n) is 1.08. The van der Waals surface area contributed by atoms with Gasteiger partial charge in [0.05, 0.1) is 12.0 Å². The molecule has 2 unspecified atom stereocenters. The topological polar surface area (TPSA) is 46.5 Å². The standard InChI is InChI=1S/C11H22O3/c1-4-10(3)14-11(13)9(2)7-5-6-8-12/h9-10,12H,4-8H2,1-3H3. The molecule has 0 aliphatic rings. The van der Waals surface area contributed by atoms with Crippen molar-refractivity contribution in [2.45, 2.75) is 52.6 Å². The Bertz CT molecular complexity index is 157. The van der Waals surface area contributed by atoms with Crippen LogP contribution >= 0.6 is 0 Å². The Kier molecular flexibility index (Phi) is 7.48. The fraction of sp³-hybridized carbons (Fsp3) is 0.909. The number of hydrogen-bond acceptors (Lipinski definition) is 3. The molecule has 1 N–H and O–H groups in total. The van der Waals surface area contributed by atoms with Gasteiger partial charge >= 0.3 is 5.97 Å². The number of ether oxygens (including phenoxy) is 1. The van der Waals surface area contributed by atoms with Gasteiger partial charge < -0.3 is 9.84 Å². The van der Waals surface area contributed by atoms with E-state index in [0.717, 1.165) is 25.7 Å². The number of carbonyl (C=O) groups excluding carboxylic acids is 1. The van der Waals surface area contributed by atoms with E-state index >= 15 is 0 Å². The summed E-state index contributed by atoms with van der Waals surface area (Å²) < 4.78 is 5.19. The van der Waals surface area contributed by atoms with Crippen molar-refractivity contribution in [2.75, 3.05) is 6.61 Å². The molecule has 3 nitrogen and oxygen atoms in total. The van der Waals surface area contributed by atoms with E-state index in [1.807, 2.05) is 20.8 Å². The molecule has 0 aromatic heterocycles. The molecule has 2 atom stereocenters. The first kappa shape index (κ1) is 13.4. The van der Waals surface area contributed by atoms with Crippen LogP contribution in [0.4, 0.5) is 0 Å². The van der Waals surface area contributed by atoms with Crippen LogP contribution in [0.3, 0.4) is 0 Å². The minimum absolute atomic E-state index is 0.0165. The average molecular weight is 202 g/mol. The van der Waals surface area contributed by atoms with Gasteiger partial charge in [0, 0.05) is 6.61 Å². The maximum Gasteiger partial charge on any atom is 0.308 e. The summed E-state index contributed by atoms with van der Waals surface area (Å²) in [7, 11) is 0. The first-order valence-electron chi connectivity index (χ1n) is 5.43. The highest BCUT2D eigenvalue weighted by Crippen LogP contribution is 2.11. The van der Waals surface area contributed by atoms with Crippen molar-refractivity contribution in [3.63, 3.8) is 0 Å². The SMILES string of the molecule is CCC(C)OC(=O)C(C)CCCCO. The lowest BCUT2D eigenvalue weighted by molar-refractivity contribution is -0.153. The van der Waals surface area contributed by atoms with E-state index in [4.69, 9.17) is 9.84 Å². The molecule has 0 radical (unpaired) electrons. The number of carbonyl (C=O) groups is 1. The van der Waals surface area contributed by atoms with Gasteiger partial charge in [-0.3, -0.25) is 4.79 Å². The predicted octanol–water partition coefficient (Wildman–Crippen LogP) is 2.13. The summed E-state index contributed by atoms with van der Waals surface area (Å²) in [6, 6.07) is 0. The lowest BCUT2D eigenvalue weighted by Gasteiger charge is -2.15. The van der Waals surface area contributed by atoms with Crippen molar-refractivity contribution >= 4 is 5.97 Å². The van der Waals surface area contributed by atoms with Gasteiger partial charge in [-0.2, -0.15) is 0 Å². The molecule has 0 aromatic rings. The minimum Gasteiger partial charge on any atom is -0.462 e. The third-order valence-corrected chi connectivity index (χ3v) is 2.34. The summed E-state index contributed by atoms with van der Waals surface area (Å²) in [5.74, 6) is -0.159. The molecule has 3 heteroatoms. The second kappa shape index (κ2) is 7.80. The number of esters is 1. The third-order valence-electron chi connectivity index (χ3n) is 2.34. The number of aliphatic hydroxyl groups excluding tert-OH is 1. The van der Waals surface area contributed by atoms with Crippen LogP contribution < -0.4 is 0 Å². The average Bonchev–Trinajstić information content (AvgIpc) is 2.17. The van der Waals surface area contributed by atoms with Crippen LogP contribution in [0.1, 0.15) is 46.5 Å². The molecule has 0 fully saturated rings. The van der Waals surface area contributed by atoms with Crippen LogP contribution in [-0.2, 0) is 9.53 Å². The maximum atomic E-state index is 11.4. The van der Waals surface area contributed by atoms with Gasteiger partial charge in [-0.25, -0.2) is 0 Å². The van der Waals surface area contributed by atoms with Crippen LogP contribution in [0.2, 0.25) is 0 Å². The van der Waals surface area contributed by atoms with Crippen molar-refractivity contribution in [1.82, 2.24) is 0 Å². The number of rotatable bonds is 7. The van der Waals surface area contributed by atoms with Crippen LogP contribution in [0.25, 0.3) is 0 Å². The monoisotopic (exact) mass is 202 g/mol. The van der Waals surface area contributed by atoms with Gasteiger partial charge in [-0.15, -0.1) is 0 Å². The molecule has 0 spiro atoms. The molecule has 0 amide bonds. The Balaban J connectivity index is 3.64. The smallest absolute Gasteiger partial charge is 0.308 e. The van der Waals surface area contributed by atoms with Crippen molar-refractivity contribution in [1.29, 1.82) is 0 Å². The Hall–Kier alpha value is -0.570. The van der Waals surface area contributed by atoms with Gasteiger partial charge in [0.25, 0.3) is 0 Å². The molecule has 0 rings (SSSR count). The molecule has 0 aliphatic carbocycles. The van der Waals surface area contributed by atoms with Crippen molar-refractivity contribution in [3.8, 4) is 0 Å². The largest absolute Gasteiger partial charge is 0.462 e. The summed E-state index contributed by atoms with van der Waals surface area (Å²) in [6.45, 7) is 5.97. The van der Waals surface area contributed by atoms with E-state index in [-0.39, 0.29) is 24.6 Å². The van der Waals surface area contributed by atoms with Gasteiger partial charge in [0.15, 0.2) is 0 Å². The molecule has 0 aliphatic heterocycles. The molecule has 0 saturated heterocycles. The Morgan fingerprint density at radius 3 is 2.50 bits per heavy atom. The second-order valence-corrected chi connectivity index (χ2v) is 3.78. The normalized spacial score (nSPS) is 14.9. The van der Waals surface area contributed by atoms with E-state index in [1.54, 1.807) is 0 Å². The summed E-state index contributed by atoms with van der Waals surface area (Å²) in [5, 5.41) is 8.59. The molecule has 14 heavy (non-hydrogen) atoms. The van der Waals surface area contributed by atoms with Crippen LogP contribution in [0, 0.1) is 5.92 Å². The minimum atomic E-state index is -0.114. The second-order valence-electron chi connectivity index (χ2n) is 3.78. The van der Waals surface area contributed by atoms with E-state index in [1.165, 1.54) is 0 Å². The molecule has 0 heterocycles. The first-order chi connectivity index (χ1) is 6.61. The summed E-state index contributed by atoms with van der Waals surface area (Å²) in [5.41, 5.74) is 0. The van der Waals surface area contributed by atoms with Gasteiger partial charge in [-0.05, 0) is 26.2 Å². The lowest BCUT2D eigenvalue weighted by Crippen LogP contribution is -2.20.